The number of ether oxygens (including phenoxy) is 1. The van der Waals surface area contributed by atoms with Crippen LogP contribution in [0, 0.1) is 0 Å². The number of carboxylic acids is 2. The van der Waals surface area contributed by atoms with Crippen LogP contribution in [-0.4, -0.2) is 83.0 Å². The standard InChI is InChI=1S/C22H28N2O3.2C2HF3O2/c1-24(14-15-7-8-19(27-2)18(25)13-15)20-16-5-3-4-6-17(16)22(21(20)26)9-11-23-12-10-22;2*3-2(4,5)1(6)7/h3-8,13,20-21,23,25-26H,9-12,14H2,1-2H3;2*(H,6,7)/t20-,21+;;/m1../s1. The van der Waals surface area contributed by atoms with Crippen LogP contribution in [0.3, 0.4) is 0 Å². The minimum Gasteiger partial charge on any atom is -0.504 e. The van der Waals surface area contributed by atoms with Crippen molar-refractivity contribution in [2.24, 2.45) is 0 Å². The van der Waals surface area contributed by atoms with Crippen LogP contribution in [-0.2, 0) is 21.5 Å². The molecule has 4 rings (SSSR count). The van der Waals surface area contributed by atoms with Gasteiger partial charge in [0.15, 0.2) is 11.5 Å². The van der Waals surface area contributed by atoms with Gasteiger partial charge in [-0.2, -0.15) is 26.3 Å². The summed E-state index contributed by atoms with van der Waals surface area (Å²) in [6.45, 7) is 2.52. The fourth-order valence-corrected chi connectivity index (χ4v) is 4.98. The number of hydrogen-bond acceptors (Lipinski definition) is 7. The average molecular weight is 597 g/mol. The van der Waals surface area contributed by atoms with Gasteiger partial charge in [-0.3, -0.25) is 4.90 Å². The molecule has 15 heteroatoms. The van der Waals surface area contributed by atoms with Crippen molar-refractivity contribution in [3.05, 3.63) is 59.2 Å². The van der Waals surface area contributed by atoms with Gasteiger partial charge in [-0.05, 0) is 61.8 Å². The number of aromatic hydroxyl groups is 1. The lowest BCUT2D eigenvalue weighted by Crippen LogP contribution is -2.48. The lowest BCUT2D eigenvalue weighted by atomic mass is 9.72. The number of methoxy groups -OCH3 is 1. The Kier molecular flexibility index (Phi) is 11.0. The quantitative estimate of drug-likeness (QED) is 0.333. The van der Waals surface area contributed by atoms with Crippen molar-refractivity contribution in [2.75, 3.05) is 27.2 Å². The second kappa shape index (κ2) is 13.4. The highest BCUT2D eigenvalue weighted by atomic mass is 19.4. The molecule has 1 fully saturated rings. The number of aliphatic carboxylic acids is 2. The van der Waals surface area contributed by atoms with Gasteiger partial charge in [0.25, 0.3) is 0 Å². The molecule has 2 aromatic rings. The van der Waals surface area contributed by atoms with E-state index in [4.69, 9.17) is 24.5 Å². The zero-order valence-electron chi connectivity index (χ0n) is 22.0. The molecule has 5 N–H and O–H groups in total. The number of nitrogens with one attached hydrogen (secondary N) is 1. The Hall–Kier alpha value is -3.56. The number of phenols is 1. The Bertz CT molecular complexity index is 1180. The topological polar surface area (TPSA) is 140 Å². The molecule has 0 aromatic heterocycles. The first-order chi connectivity index (χ1) is 19.0. The van der Waals surface area contributed by atoms with Crippen molar-refractivity contribution in [3.63, 3.8) is 0 Å². The molecule has 1 heterocycles. The summed E-state index contributed by atoms with van der Waals surface area (Å²) >= 11 is 0. The maximum atomic E-state index is 11.4. The molecule has 2 aromatic carbocycles. The largest absolute Gasteiger partial charge is 0.504 e. The van der Waals surface area contributed by atoms with Crippen LogP contribution in [0.1, 0.15) is 35.6 Å². The third-order valence-corrected chi connectivity index (χ3v) is 6.81. The summed E-state index contributed by atoms with van der Waals surface area (Å²) in [4.78, 5) is 20.0. The van der Waals surface area contributed by atoms with Crippen LogP contribution < -0.4 is 10.1 Å². The number of carbonyl (C=O) groups is 2. The monoisotopic (exact) mass is 596 g/mol. The number of carboxylic acid groups (broad SMARTS) is 2. The minimum atomic E-state index is -5.08. The van der Waals surface area contributed by atoms with E-state index in [-0.39, 0.29) is 17.2 Å². The van der Waals surface area contributed by atoms with Crippen molar-refractivity contribution in [1.82, 2.24) is 10.2 Å². The van der Waals surface area contributed by atoms with Crippen molar-refractivity contribution in [1.29, 1.82) is 0 Å². The normalized spacial score (nSPS) is 19.4. The van der Waals surface area contributed by atoms with Gasteiger partial charge in [0.1, 0.15) is 0 Å². The van der Waals surface area contributed by atoms with Crippen LogP contribution in [0.2, 0.25) is 0 Å². The van der Waals surface area contributed by atoms with Crippen molar-refractivity contribution < 1.29 is 61.1 Å². The first-order valence-corrected chi connectivity index (χ1v) is 12.1. The molecule has 1 spiro atoms. The van der Waals surface area contributed by atoms with Gasteiger partial charge in [-0.1, -0.05) is 30.3 Å². The van der Waals surface area contributed by atoms with Gasteiger partial charge >= 0.3 is 24.3 Å². The molecule has 0 bridgehead atoms. The number of phenolic OH excluding ortho intramolecular Hbond substituents is 1. The lowest BCUT2D eigenvalue weighted by molar-refractivity contribution is -0.193. The van der Waals surface area contributed by atoms with E-state index in [1.165, 1.54) is 11.1 Å². The van der Waals surface area contributed by atoms with Crippen LogP contribution in [0.5, 0.6) is 11.5 Å². The maximum Gasteiger partial charge on any atom is 0.490 e. The number of rotatable bonds is 4. The first-order valence-electron chi connectivity index (χ1n) is 12.1. The van der Waals surface area contributed by atoms with E-state index in [0.717, 1.165) is 31.5 Å². The van der Waals surface area contributed by atoms with E-state index in [0.29, 0.717) is 12.3 Å². The molecular formula is C26H30F6N2O7. The Morgan fingerprint density at radius 1 is 1.00 bits per heavy atom. The number of aliphatic hydroxyl groups excluding tert-OH is 1. The first kappa shape index (κ1) is 33.6. The predicted molar refractivity (Wildman–Crippen MR) is 132 cm³/mol. The van der Waals surface area contributed by atoms with E-state index in [2.05, 4.69) is 34.5 Å². The number of nitrogens with zero attached hydrogens (tertiary/aromatic N) is 1. The maximum absolute atomic E-state index is 11.4. The molecular weight excluding hydrogens is 566 g/mol. The molecule has 2 atom stereocenters. The van der Waals surface area contributed by atoms with Gasteiger partial charge in [0, 0.05) is 12.0 Å². The van der Waals surface area contributed by atoms with Gasteiger partial charge in [0.05, 0.1) is 19.3 Å². The number of benzene rings is 2. The molecule has 1 aliphatic heterocycles. The number of fused-ring (bicyclic) bond motifs is 2. The average Bonchev–Trinajstić information content (AvgIpc) is 3.11. The summed E-state index contributed by atoms with van der Waals surface area (Å²) in [5.74, 6) is -4.90. The highest BCUT2D eigenvalue weighted by Crippen LogP contribution is 2.52. The zero-order valence-corrected chi connectivity index (χ0v) is 22.0. The fourth-order valence-electron chi connectivity index (χ4n) is 4.98. The molecule has 0 saturated carbocycles. The van der Waals surface area contributed by atoms with E-state index < -0.39 is 30.4 Å². The molecule has 0 unspecified atom stereocenters. The highest BCUT2D eigenvalue weighted by Gasteiger charge is 2.52. The van der Waals surface area contributed by atoms with E-state index in [1.54, 1.807) is 19.2 Å². The van der Waals surface area contributed by atoms with Gasteiger partial charge in [-0.15, -0.1) is 0 Å². The Balaban J connectivity index is 0.000000349. The summed E-state index contributed by atoms with van der Waals surface area (Å²) in [5, 5.41) is 39.2. The van der Waals surface area contributed by atoms with Crippen molar-refractivity contribution >= 4 is 11.9 Å². The van der Waals surface area contributed by atoms with E-state index in [1.807, 2.05) is 13.1 Å². The molecule has 228 valence electrons. The summed E-state index contributed by atoms with van der Waals surface area (Å²) in [6, 6.07) is 13.9. The zero-order chi connectivity index (χ0) is 31.2. The van der Waals surface area contributed by atoms with Gasteiger partial charge in [0.2, 0.25) is 0 Å². The predicted octanol–water partition coefficient (Wildman–Crippen LogP) is 3.84. The third-order valence-electron chi connectivity index (χ3n) is 6.81. The highest BCUT2D eigenvalue weighted by molar-refractivity contribution is 5.73. The summed E-state index contributed by atoms with van der Waals surface area (Å²) < 4.78 is 68.6. The number of hydrogen-bond donors (Lipinski definition) is 5. The number of likely N-dealkylation sites (N-methyl/N-ethyl adjacent to an activating group) is 1. The third kappa shape index (κ3) is 8.24. The lowest BCUT2D eigenvalue weighted by Gasteiger charge is -2.40. The molecule has 0 amide bonds. The van der Waals surface area contributed by atoms with Crippen LogP contribution in [0.4, 0.5) is 26.3 Å². The van der Waals surface area contributed by atoms with Crippen molar-refractivity contribution in [3.8, 4) is 11.5 Å². The van der Waals surface area contributed by atoms with Crippen LogP contribution >= 0.6 is 0 Å². The van der Waals surface area contributed by atoms with Gasteiger partial charge in [-0.25, -0.2) is 9.59 Å². The molecule has 0 radical (unpaired) electrons. The number of aliphatic hydroxyl groups is 1. The summed E-state index contributed by atoms with van der Waals surface area (Å²) in [5.41, 5.74) is 3.36. The summed E-state index contributed by atoms with van der Waals surface area (Å²) in [6.07, 6.45) is -8.69. The summed E-state index contributed by atoms with van der Waals surface area (Å²) in [7, 11) is 3.59. The molecule has 41 heavy (non-hydrogen) atoms. The second-order valence-electron chi connectivity index (χ2n) is 9.41. The Morgan fingerprint density at radius 2 is 1.51 bits per heavy atom. The Labute approximate surface area is 231 Å². The van der Waals surface area contributed by atoms with E-state index in [9.17, 15) is 36.6 Å². The number of piperidine rings is 1. The van der Waals surface area contributed by atoms with Crippen LogP contribution in [0.15, 0.2) is 42.5 Å². The SMILES string of the molecule is COc1ccc(CN(C)[C@@H]2c3ccccc3C3(CCNCC3)[C@H]2O)cc1O.O=C(O)C(F)(F)F.O=C(O)C(F)(F)F. The molecule has 9 nitrogen and oxygen atoms in total. The van der Waals surface area contributed by atoms with Crippen LogP contribution in [0.25, 0.3) is 0 Å². The number of alkyl halides is 6. The Morgan fingerprint density at radius 3 is 1.98 bits per heavy atom. The molecule has 1 saturated heterocycles. The minimum absolute atomic E-state index is 0.0523. The molecule has 2 aliphatic rings. The van der Waals surface area contributed by atoms with E-state index >= 15 is 0 Å². The second-order valence-corrected chi connectivity index (χ2v) is 9.41. The fraction of sp³-hybridized carbons (Fsp3) is 0.462. The van der Waals surface area contributed by atoms with Gasteiger partial charge < -0.3 is 30.5 Å². The van der Waals surface area contributed by atoms with Crippen molar-refractivity contribution in [2.45, 2.75) is 49.3 Å². The molecule has 1 aliphatic carbocycles. The smallest absolute Gasteiger partial charge is 0.490 e. The number of halogens is 6.